The van der Waals surface area contributed by atoms with Gasteiger partial charge in [-0.2, -0.15) is 0 Å². The summed E-state index contributed by atoms with van der Waals surface area (Å²) in [5.74, 6) is -0.0315. The maximum absolute atomic E-state index is 13.3. The number of halogens is 1. The average molecular weight is 474 g/mol. The number of amides is 1. The Kier molecular flexibility index (Phi) is 5.85. The number of para-hydroxylation sites is 1. The third-order valence-corrected chi connectivity index (χ3v) is 6.30. The molecule has 3 aromatic carbocycles. The number of nitrogens with zero attached hydrogens (tertiary/aromatic N) is 4. The highest BCUT2D eigenvalue weighted by molar-refractivity contribution is 7.99. The van der Waals surface area contributed by atoms with Crippen LogP contribution in [-0.4, -0.2) is 30.8 Å². The first kappa shape index (κ1) is 21.8. The van der Waals surface area contributed by atoms with Crippen LogP contribution in [0, 0.1) is 12.7 Å². The maximum atomic E-state index is 13.3. The minimum Gasteiger partial charge on any atom is -0.325 e. The summed E-state index contributed by atoms with van der Waals surface area (Å²) in [6.45, 7) is 2.17. The molecule has 0 bridgehead atoms. The summed E-state index contributed by atoms with van der Waals surface area (Å²) in [6, 6.07) is 20.8. The number of fused-ring (bicyclic) bond motifs is 3. The summed E-state index contributed by atoms with van der Waals surface area (Å²) in [5.41, 5.74) is 2.99. The molecule has 2 heterocycles. The second-order valence-corrected chi connectivity index (χ2v) is 8.80. The Hall–Kier alpha value is -3.98. The molecule has 1 N–H and O–H groups in total. The molecule has 170 valence electrons. The first-order valence-electron chi connectivity index (χ1n) is 10.6. The van der Waals surface area contributed by atoms with E-state index in [4.69, 9.17) is 0 Å². The second-order valence-electron chi connectivity index (χ2n) is 7.86. The number of nitrogens with one attached hydrogen (secondary N) is 1. The molecule has 1 amide bonds. The summed E-state index contributed by atoms with van der Waals surface area (Å²) >= 11 is 1.24. The van der Waals surface area contributed by atoms with E-state index in [2.05, 4.69) is 15.5 Å². The predicted octanol–water partition coefficient (Wildman–Crippen LogP) is 4.27. The SMILES string of the molecule is Cc1cccc(NC(=O)CSc2nnc3n(Cc4ccc(F)cc4)c(=O)c4ccccc4n23)c1. The lowest BCUT2D eigenvalue weighted by Gasteiger charge is -2.11. The van der Waals surface area contributed by atoms with Crippen LogP contribution in [-0.2, 0) is 11.3 Å². The van der Waals surface area contributed by atoms with Crippen LogP contribution in [0.25, 0.3) is 16.7 Å². The van der Waals surface area contributed by atoms with Gasteiger partial charge in [0.2, 0.25) is 11.7 Å². The fourth-order valence-corrected chi connectivity index (χ4v) is 4.53. The second kappa shape index (κ2) is 9.11. The number of aromatic nitrogens is 4. The van der Waals surface area contributed by atoms with Gasteiger partial charge in [0.15, 0.2) is 5.16 Å². The lowest BCUT2D eigenvalue weighted by atomic mass is 10.2. The topological polar surface area (TPSA) is 81.3 Å². The standard InChI is InChI=1S/C25H20FN5O2S/c1-16-5-4-6-19(13-16)27-22(32)15-34-25-29-28-24-30(14-17-9-11-18(26)12-10-17)23(33)20-7-2-3-8-21(20)31(24)25/h2-13H,14-15H2,1H3,(H,27,32). The molecule has 34 heavy (non-hydrogen) atoms. The molecule has 0 atom stereocenters. The van der Waals surface area contributed by atoms with Crippen LogP contribution < -0.4 is 10.9 Å². The van der Waals surface area contributed by atoms with Crippen LogP contribution in [0.2, 0.25) is 0 Å². The highest BCUT2D eigenvalue weighted by Gasteiger charge is 2.18. The monoisotopic (exact) mass is 473 g/mol. The van der Waals surface area contributed by atoms with E-state index < -0.39 is 0 Å². The van der Waals surface area contributed by atoms with E-state index in [1.807, 2.05) is 43.3 Å². The van der Waals surface area contributed by atoms with Crippen LogP contribution in [0.4, 0.5) is 10.1 Å². The van der Waals surface area contributed by atoms with Crippen molar-refractivity contribution in [1.29, 1.82) is 0 Å². The first-order chi connectivity index (χ1) is 16.5. The third kappa shape index (κ3) is 4.29. The van der Waals surface area contributed by atoms with Gasteiger partial charge in [0.25, 0.3) is 5.56 Å². The number of thioether (sulfide) groups is 1. The molecular weight excluding hydrogens is 453 g/mol. The number of anilines is 1. The highest BCUT2D eigenvalue weighted by Crippen LogP contribution is 2.22. The molecule has 0 aliphatic heterocycles. The van der Waals surface area contributed by atoms with Crippen molar-refractivity contribution in [1.82, 2.24) is 19.2 Å². The van der Waals surface area contributed by atoms with Crippen molar-refractivity contribution in [3.8, 4) is 0 Å². The number of benzene rings is 3. The normalized spacial score (nSPS) is 11.2. The van der Waals surface area contributed by atoms with Crippen molar-refractivity contribution < 1.29 is 9.18 Å². The maximum Gasteiger partial charge on any atom is 0.263 e. The molecule has 9 heteroatoms. The van der Waals surface area contributed by atoms with Crippen LogP contribution in [0.15, 0.2) is 82.7 Å². The highest BCUT2D eigenvalue weighted by atomic mass is 32.2. The lowest BCUT2D eigenvalue weighted by molar-refractivity contribution is -0.113. The number of carbonyl (C=O) groups is 1. The summed E-state index contributed by atoms with van der Waals surface area (Å²) in [6.07, 6.45) is 0. The Bertz CT molecular complexity index is 1580. The third-order valence-electron chi connectivity index (χ3n) is 5.37. The average Bonchev–Trinajstić information content (AvgIpc) is 3.26. The van der Waals surface area contributed by atoms with Gasteiger partial charge in [0.1, 0.15) is 5.82 Å². The van der Waals surface area contributed by atoms with Gasteiger partial charge in [-0.1, -0.05) is 48.2 Å². The number of rotatable bonds is 6. The summed E-state index contributed by atoms with van der Waals surface area (Å²) in [7, 11) is 0. The van der Waals surface area contributed by atoms with E-state index in [-0.39, 0.29) is 29.6 Å². The van der Waals surface area contributed by atoms with E-state index in [0.717, 1.165) is 16.8 Å². The first-order valence-corrected chi connectivity index (χ1v) is 11.6. The molecule has 5 aromatic rings. The van der Waals surface area contributed by atoms with Crippen LogP contribution in [0.1, 0.15) is 11.1 Å². The molecule has 0 aliphatic carbocycles. The molecule has 0 saturated heterocycles. The molecule has 0 unspecified atom stereocenters. The number of hydrogen-bond donors (Lipinski definition) is 1. The van der Waals surface area contributed by atoms with Crippen molar-refractivity contribution in [2.45, 2.75) is 18.6 Å². The zero-order valence-corrected chi connectivity index (χ0v) is 19.1. The van der Waals surface area contributed by atoms with Gasteiger partial charge in [0, 0.05) is 5.69 Å². The van der Waals surface area contributed by atoms with E-state index in [0.29, 0.717) is 21.8 Å². The van der Waals surface area contributed by atoms with Crippen LogP contribution in [0.3, 0.4) is 0 Å². The number of hydrogen-bond acceptors (Lipinski definition) is 5. The molecule has 0 aliphatic rings. The minimum atomic E-state index is -0.343. The molecule has 0 saturated carbocycles. The van der Waals surface area contributed by atoms with Gasteiger partial charge < -0.3 is 5.32 Å². The van der Waals surface area contributed by atoms with E-state index in [1.165, 1.54) is 28.5 Å². The molecular formula is C25H20FN5O2S. The molecule has 7 nitrogen and oxygen atoms in total. The molecule has 0 fully saturated rings. The molecule has 5 rings (SSSR count). The molecule has 2 aromatic heterocycles. The van der Waals surface area contributed by atoms with Gasteiger partial charge in [-0.25, -0.2) is 4.39 Å². The predicted molar refractivity (Wildman–Crippen MR) is 131 cm³/mol. The Labute approximate surface area is 198 Å². The van der Waals surface area contributed by atoms with Crippen LogP contribution >= 0.6 is 11.8 Å². The van der Waals surface area contributed by atoms with Gasteiger partial charge in [-0.3, -0.25) is 18.6 Å². The van der Waals surface area contributed by atoms with Crippen molar-refractivity contribution in [2.24, 2.45) is 0 Å². The largest absolute Gasteiger partial charge is 0.325 e. The zero-order valence-electron chi connectivity index (χ0n) is 18.2. The van der Waals surface area contributed by atoms with Crippen molar-refractivity contribution in [2.75, 3.05) is 11.1 Å². The van der Waals surface area contributed by atoms with E-state index in [9.17, 15) is 14.0 Å². The van der Waals surface area contributed by atoms with Crippen LogP contribution in [0.5, 0.6) is 0 Å². The summed E-state index contributed by atoms with van der Waals surface area (Å²) in [5, 5.41) is 12.4. The Morgan fingerprint density at radius 2 is 1.82 bits per heavy atom. The van der Waals surface area contributed by atoms with Gasteiger partial charge in [-0.05, 0) is 54.4 Å². The fraction of sp³-hybridized carbons (Fsp3) is 0.120. The van der Waals surface area contributed by atoms with Gasteiger partial charge in [-0.15, -0.1) is 10.2 Å². The Morgan fingerprint density at radius 3 is 2.62 bits per heavy atom. The zero-order chi connectivity index (χ0) is 23.7. The van der Waals surface area contributed by atoms with Crippen molar-refractivity contribution >= 4 is 40.0 Å². The summed E-state index contributed by atoms with van der Waals surface area (Å²) in [4.78, 5) is 25.8. The quantitative estimate of drug-likeness (QED) is 0.373. The smallest absolute Gasteiger partial charge is 0.263 e. The lowest BCUT2D eigenvalue weighted by Crippen LogP contribution is -2.24. The van der Waals surface area contributed by atoms with E-state index >= 15 is 0 Å². The van der Waals surface area contributed by atoms with Gasteiger partial charge >= 0.3 is 0 Å². The fourth-order valence-electron chi connectivity index (χ4n) is 3.79. The van der Waals surface area contributed by atoms with E-state index in [1.54, 1.807) is 28.7 Å². The van der Waals surface area contributed by atoms with Crippen molar-refractivity contribution in [3.05, 3.63) is 100 Å². The Balaban J connectivity index is 1.50. The molecule has 0 spiro atoms. The molecule has 0 radical (unpaired) electrons. The number of carbonyl (C=O) groups excluding carboxylic acids is 1. The minimum absolute atomic E-state index is 0.125. The Morgan fingerprint density at radius 1 is 1.03 bits per heavy atom. The summed E-state index contributed by atoms with van der Waals surface area (Å²) < 4.78 is 16.6. The van der Waals surface area contributed by atoms with Crippen molar-refractivity contribution in [3.63, 3.8) is 0 Å². The number of aryl methyl sites for hydroxylation is 1. The van der Waals surface area contributed by atoms with Gasteiger partial charge in [0.05, 0.1) is 23.2 Å².